The minimum Gasteiger partial charge on any atom is -0.445 e. The molecule has 1 heterocycles. The van der Waals surface area contributed by atoms with Gasteiger partial charge in [-0.3, -0.25) is 9.63 Å². The Morgan fingerprint density at radius 3 is 2.38 bits per heavy atom. The Hall–Kier alpha value is -2.86. The fraction of sp³-hybridized carbons (Fsp3) is 0.222. The third-order valence-corrected chi connectivity index (χ3v) is 3.61. The summed E-state index contributed by atoms with van der Waals surface area (Å²) < 4.78 is 5.12. The van der Waals surface area contributed by atoms with Crippen molar-refractivity contribution in [1.82, 2.24) is 10.4 Å². The summed E-state index contributed by atoms with van der Waals surface area (Å²) in [6, 6.07) is 18.1. The van der Waals surface area contributed by atoms with Gasteiger partial charge in [0.05, 0.1) is 6.54 Å². The first kappa shape index (κ1) is 16.0. The number of hydrogen-bond donors (Lipinski definition) is 1. The van der Waals surface area contributed by atoms with E-state index >= 15 is 0 Å². The Morgan fingerprint density at radius 2 is 1.71 bits per heavy atom. The number of benzene rings is 2. The maximum atomic E-state index is 12.3. The maximum Gasteiger partial charge on any atom is 0.408 e. The summed E-state index contributed by atoms with van der Waals surface area (Å²) >= 11 is 0. The highest BCUT2D eigenvalue weighted by Gasteiger charge is 2.34. The summed E-state index contributed by atoms with van der Waals surface area (Å²) in [5.41, 5.74) is 1.84. The molecule has 1 N–H and O–H groups in total. The summed E-state index contributed by atoms with van der Waals surface area (Å²) in [7, 11) is 0. The summed E-state index contributed by atoms with van der Waals surface area (Å²) in [5, 5.41) is 3.80. The third kappa shape index (κ3) is 4.11. The third-order valence-electron chi connectivity index (χ3n) is 3.61. The molecule has 1 saturated heterocycles. The molecule has 1 fully saturated rings. The number of hydrogen-bond acceptors (Lipinski definition) is 4. The average molecular weight is 326 g/mol. The highest BCUT2D eigenvalue weighted by Crippen LogP contribution is 2.13. The lowest BCUT2D eigenvalue weighted by Gasteiger charge is -2.14. The smallest absolute Gasteiger partial charge is 0.408 e. The fourth-order valence-electron chi connectivity index (χ4n) is 2.36. The fourth-order valence-corrected chi connectivity index (χ4v) is 2.36. The van der Waals surface area contributed by atoms with Gasteiger partial charge in [-0.2, -0.15) is 0 Å². The topological polar surface area (TPSA) is 67.9 Å². The lowest BCUT2D eigenvalue weighted by atomic mass is 10.2. The van der Waals surface area contributed by atoms with Crippen LogP contribution in [0.4, 0.5) is 4.79 Å². The van der Waals surface area contributed by atoms with Crippen LogP contribution in [0.25, 0.3) is 0 Å². The van der Waals surface area contributed by atoms with Crippen molar-refractivity contribution in [2.45, 2.75) is 19.2 Å². The second-order valence-corrected chi connectivity index (χ2v) is 5.41. The first-order valence-corrected chi connectivity index (χ1v) is 7.68. The molecule has 0 radical (unpaired) electrons. The van der Waals surface area contributed by atoms with Crippen LogP contribution < -0.4 is 5.32 Å². The molecule has 6 heteroatoms. The number of ether oxygens (including phenoxy) is 1. The molecule has 1 aliphatic heterocycles. The van der Waals surface area contributed by atoms with Gasteiger partial charge in [-0.25, -0.2) is 9.86 Å². The van der Waals surface area contributed by atoms with E-state index in [2.05, 4.69) is 5.32 Å². The lowest BCUT2D eigenvalue weighted by molar-refractivity contribution is -0.164. The standard InChI is InChI=1S/C18H18N2O4/c21-17-16(13-24-20(17)11-14-7-3-1-4-8-14)19-18(22)23-12-15-9-5-2-6-10-15/h1-10,16H,11-13H2,(H,19,22). The van der Waals surface area contributed by atoms with E-state index in [4.69, 9.17) is 9.57 Å². The first-order valence-electron chi connectivity index (χ1n) is 7.68. The Balaban J connectivity index is 1.47. The second kappa shape index (κ2) is 7.61. The summed E-state index contributed by atoms with van der Waals surface area (Å²) in [6.07, 6.45) is -0.637. The van der Waals surface area contributed by atoms with Crippen LogP contribution in [0.2, 0.25) is 0 Å². The number of carbonyl (C=O) groups excluding carboxylic acids is 2. The molecule has 1 aliphatic rings. The first-order chi connectivity index (χ1) is 11.7. The van der Waals surface area contributed by atoms with Crippen molar-refractivity contribution in [3.05, 3.63) is 71.8 Å². The van der Waals surface area contributed by atoms with Crippen LogP contribution in [0.1, 0.15) is 11.1 Å². The van der Waals surface area contributed by atoms with E-state index < -0.39 is 12.1 Å². The van der Waals surface area contributed by atoms with Crippen molar-refractivity contribution in [2.24, 2.45) is 0 Å². The van der Waals surface area contributed by atoms with Crippen LogP contribution in [0.15, 0.2) is 60.7 Å². The molecule has 124 valence electrons. The van der Waals surface area contributed by atoms with Crippen molar-refractivity contribution >= 4 is 12.0 Å². The SMILES string of the molecule is O=C(NC1CON(Cc2ccccc2)C1=O)OCc1ccccc1. The van der Waals surface area contributed by atoms with Gasteiger partial charge in [-0.15, -0.1) is 0 Å². The van der Waals surface area contributed by atoms with Gasteiger partial charge in [0.25, 0.3) is 5.91 Å². The Morgan fingerprint density at radius 1 is 1.08 bits per heavy atom. The Kier molecular flexibility index (Phi) is 5.08. The molecule has 24 heavy (non-hydrogen) atoms. The lowest BCUT2D eigenvalue weighted by Crippen LogP contribution is -2.42. The number of nitrogens with one attached hydrogen (secondary N) is 1. The molecule has 0 aromatic heterocycles. The van der Waals surface area contributed by atoms with Gasteiger partial charge in [0, 0.05) is 0 Å². The molecule has 2 aromatic carbocycles. The number of amides is 2. The number of carbonyl (C=O) groups is 2. The molecule has 2 aromatic rings. The van der Waals surface area contributed by atoms with Crippen LogP contribution in [-0.4, -0.2) is 29.7 Å². The van der Waals surface area contributed by atoms with Crippen molar-refractivity contribution < 1.29 is 19.2 Å². The maximum absolute atomic E-state index is 12.3. The molecule has 1 unspecified atom stereocenters. The van der Waals surface area contributed by atoms with Gasteiger partial charge in [-0.1, -0.05) is 60.7 Å². The Labute approximate surface area is 139 Å². The molecular formula is C18H18N2O4. The van der Waals surface area contributed by atoms with Crippen LogP contribution in [0, 0.1) is 0 Å². The molecule has 6 nitrogen and oxygen atoms in total. The van der Waals surface area contributed by atoms with E-state index in [-0.39, 0.29) is 19.1 Å². The molecule has 2 amide bonds. The van der Waals surface area contributed by atoms with Gasteiger partial charge in [0.15, 0.2) is 0 Å². The second-order valence-electron chi connectivity index (χ2n) is 5.41. The van der Waals surface area contributed by atoms with E-state index in [1.54, 1.807) is 0 Å². The number of hydroxylamine groups is 2. The van der Waals surface area contributed by atoms with E-state index in [0.29, 0.717) is 6.54 Å². The molecule has 0 aliphatic carbocycles. The van der Waals surface area contributed by atoms with Crippen LogP contribution in [-0.2, 0) is 27.5 Å². The zero-order chi connectivity index (χ0) is 16.8. The summed E-state index contributed by atoms with van der Waals surface area (Å²) in [6.45, 7) is 0.602. The molecule has 0 saturated carbocycles. The predicted molar refractivity (Wildman–Crippen MR) is 86.5 cm³/mol. The van der Waals surface area contributed by atoms with Crippen LogP contribution in [0.5, 0.6) is 0 Å². The Bertz CT molecular complexity index is 691. The van der Waals surface area contributed by atoms with E-state index in [1.807, 2.05) is 60.7 Å². The van der Waals surface area contributed by atoms with E-state index in [9.17, 15) is 9.59 Å². The van der Waals surface area contributed by atoms with Crippen molar-refractivity contribution in [3.8, 4) is 0 Å². The summed E-state index contributed by atoms with van der Waals surface area (Å²) in [4.78, 5) is 29.4. The number of nitrogens with zero attached hydrogens (tertiary/aromatic N) is 1. The normalized spacial score (nSPS) is 16.9. The largest absolute Gasteiger partial charge is 0.445 e. The zero-order valence-corrected chi connectivity index (χ0v) is 13.1. The molecule has 0 spiro atoms. The number of alkyl carbamates (subject to hydrolysis) is 1. The van der Waals surface area contributed by atoms with Crippen molar-refractivity contribution in [3.63, 3.8) is 0 Å². The molecule has 0 bridgehead atoms. The van der Waals surface area contributed by atoms with Gasteiger partial charge in [0.2, 0.25) is 0 Å². The summed E-state index contributed by atoms with van der Waals surface area (Å²) in [5.74, 6) is -0.282. The zero-order valence-electron chi connectivity index (χ0n) is 13.1. The minimum absolute atomic E-state index is 0.103. The van der Waals surface area contributed by atoms with Crippen LogP contribution >= 0.6 is 0 Å². The van der Waals surface area contributed by atoms with Gasteiger partial charge in [0.1, 0.15) is 19.3 Å². The minimum atomic E-state index is -0.725. The molecule has 1 atom stereocenters. The van der Waals surface area contributed by atoms with Crippen molar-refractivity contribution in [1.29, 1.82) is 0 Å². The van der Waals surface area contributed by atoms with E-state index in [0.717, 1.165) is 11.1 Å². The molecule has 3 rings (SSSR count). The molecular weight excluding hydrogens is 308 g/mol. The highest BCUT2D eigenvalue weighted by molar-refractivity contribution is 5.86. The van der Waals surface area contributed by atoms with Gasteiger partial charge < -0.3 is 10.1 Å². The quantitative estimate of drug-likeness (QED) is 0.915. The highest BCUT2D eigenvalue weighted by atomic mass is 16.7. The average Bonchev–Trinajstić information content (AvgIpc) is 2.95. The monoisotopic (exact) mass is 326 g/mol. The number of rotatable bonds is 5. The van der Waals surface area contributed by atoms with Gasteiger partial charge >= 0.3 is 6.09 Å². The van der Waals surface area contributed by atoms with Crippen LogP contribution in [0.3, 0.4) is 0 Å². The predicted octanol–water partition coefficient (Wildman–Crippen LogP) is 2.26. The van der Waals surface area contributed by atoms with Gasteiger partial charge in [-0.05, 0) is 11.1 Å². The van der Waals surface area contributed by atoms with Crippen molar-refractivity contribution in [2.75, 3.05) is 6.61 Å². The van der Waals surface area contributed by atoms with E-state index in [1.165, 1.54) is 5.06 Å².